The molecule has 2 aliphatic rings. The smallest absolute Gasteiger partial charge is 0.259 e. The molecule has 0 unspecified atom stereocenters. The molecule has 5 rings (SSSR count). The summed E-state index contributed by atoms with van der Waals surface area (Å²) in [5, 5.41) is 1.53. The van der Waals surface area contributed by atoms with Crippen LogP contribution in [-0.2, 0) is 29.9 Å². The minimum atomic E-state index is -0.0341. The summed E-state index contributed by atoms with van der Waals surface area (Å²) in [5.41, 5.74) is 2.40. The molecule has 3 heterocycles. The SMILES string of the molecule is O=C(CSCc1nc2sc3c(c2c(=O)[nH]1)CCC3)N1CCN(Cc2ccc(Cl)cc2)CC1. The van der Waals surface area contributed by atoms with E-state index in [1.807, 2.05) is 17.0 Å². The maximum absolute atomic E-state index is 12.6. The number of nitrogens with zero attached hydrogens (tertiary/aromatic N) is 3. The fourth-order valence-corrected chi connectivity index (χ4v) is 6.64. The van der Waals surface area contributed by atoms with Gasteiger partial charge in [0.2, 0.25) is 5.91 Å². The summed E-state index contributed by atoms with van der Waals surface area (Å²) in [6, 6.07) is 7.93. The van der Waals surface area contributed by atoms with E-state index in [9.17, 15) is 9.59 Å². The third-order valence-electron chi connectivity index (χ3n) is 6.13. The standard InChI is InChI=1S/C23H25ClN4O2S2/c24-16-6-4-15(5-7-16)12-27-8-10-28(11-9-27)20(29)14-31-13-19-25-22(30)21-17-2-1-3-18(17)32-23(21)26-19/h4-7H,1-3,8-14H2,(H,25,26,30). The number of thioether (sulfide) groups is 1. The number of benzene rings is 1. The van der Waals surface area contributed by atoms with Crippen molar-refractivity contribution >= 4 is 50.8 Å². The molecule has 3 aromatic rings. The number of piperazine rings is 1. The van der Waals surface area contributed by atoms with Crippen molar-refractivity contribution in [1.29, 1.82) is 0 Å². The Balaban J connectivity index is 1.10. The number of H-pyrrole nitrogens is 1. The first kappa shape index (κ1) is 21.9. The Labute approximate surface area is 200 Å². The molecular weight excluding hydrogens is 464 g/mol. The summed E-state index contributed by atoms with van der Waals surface area (Å²) in [5.74, 6) is 1.75. The second-order valence-electron chi connectivity index (χ2n) is 8.33. The fraction of sp³-hybridized carbons (Fsp3) is 0.435. The number of rotatable bonds is 6. The van der Waals surface area contributed by atoms with Crippen molar-refractivity contribution in [3.05, 3.63) is 61.5 Å². The Kier molecular flexibility index (Phi) is 6.55. The van der Waals surface area contributed by atoms with E-state index in [-0.39, 0.29) is 11.5 Å². The summed E-state index contributed by atoms with van der Waals surface area (Å²) >= 11 is 9.12. The summed E-state index contributed by atoms with van der Waals surface area (Å²) in [6.07, 6.45) is 3.17. The average Bonchev–Trinajstić information content (AvgIpc) is 3.37. The molecule has 1 aliphatic carbocycles. The number of carbonyl (C=O) groups excluding carboxylic acids is 1. The Morgan fingerprint density at radius 2 is 1.94 bits per heavy atom. The molecule has 6 nitrogen and oxygen atoms in total. The molecule has 1 aromatic carbocycles. The second kappa shape index (κ2) is 9.55. The zero-order valence-corrected chi connectivity index (χ0v) is 20.1. The summed E-state index contributed by atoms with van der Waals surface area (Å²) in [7, 11) is 0. The molecule has 9 heteroatoms. The van der Waals surface area contributed by atoms with Crippen molar-refractivity contribution in [2.24, 2.45) is 0 Å². The van der Waals surface area contributed by atoms with Crippen LogP contribution < -0.4 is 5.56 Å². The van der Waals surface area contributed by atoms with Crippen LogP contribution in [0.1, 0.15) is 28.2 Å². The maximum atomic E-state index is 12.6. The Morgan fingerprint density at radius 1 is 1.16 bits per heavy atom. The Hall–Kier alpha value is -1.87. The van der Waals surface area contributed by atoms with Crippen molar-refractivity contribution in [3.63, 3.8) is 0 Å². The number of aromatic amines is 1. The van der Waals surface area contributed by atoms with E-state index in [0.717, 1.165) is 67.2 Å². The van der Waals surface area contributed by atoms with Crippen LogP contribution >= 0.6 is 34.7 Å². The van der Waals surface area contributed by atoms with E-state index in [4.69, 9.17) is 11.6 Å². The number of carbonyl (C=O) groups is 1. The Bertz CT molecular complexity index is 1180. The third-order valence-corrected chi connectivity index (χ3v) is 8.50. The number of halogens is 1. The quantitative estimate of drug-likeness (QED) is 0.573. The van der Waals surface area contributed by atoms with Crippen LogP contribution in [0.25, 0.3) is 10.2 Å². The van der Waals surface area contributed by atoms with E-state index < -0.39 is 0 Å². The second-order valence-corrected chi connectivity index (χ2v) is 10.8. The van der Waals surface area contributed by atoms with Gasteiger partial charge in [-0.25, -0.2) is 4.98 Å². The van der Waals surface area contributed by atoms with Crippen LogP contribution in [0, 0.1) is 0 Å². The van der Waals surface area contributed by atoms with Gasteiger partial charge in [-0.05, 0) is 42.5 Å². The van der Waals surface area contributed by atoms with Crippen LogP contribution in [0.5, 0.6) is 0 Å². The van der Waals surface area contributed by atoms with Crippen molar-refractivity contribution in [1.82, 2.24) is 19.8 Å². The summed E-state index contributed by atoms with van der Waals surface area (Å²) in [6.45, 7) is 4.10. The van der Waals surface area contributed by atoms with Crippen LogP contribution in [0.2, 0.25) is 5.02 Å². The van der Waals surface area contributed by atoms with Gasteiger partial charge in [0.1, 0.15) is 10.7 Å². The molecule has 0 spiro atoms. The highest BCUT2D eigenvalue weighted by molar-refractivity contribution is 7.99. The highest BCUT2D eigenvalue weighted by Gasteiger charge is 2.22. The van der Waals surface area contributed by atoms with Gasteiger partial charge in [0.15, 0.2) is 0 Å². The van der Waals surface area contributed by atoms with Gasteiger partial charge in [0, 0.05) is 42.6 Å². The lowest BCUT2D eigenvalue weighted by Gasteiger charge is -2.34. The highest BCUT2D eigenvalue weighted by atomic mass is 35.5. The van der Waals surface area contributed by atoms with Gasteiger partial charge in [0.25, 0.3) is 5.56 Å². The molecule has 168 valence electrons. The zero-order chi connectivity index (χ0) is 22.1. The molecule has 1 aliphatic heterocycles. The minimum Gasteiger partial charge on any atom is -0.339 e. The van der Waals surface area contributed by atoms with E-state index in [1.54, 1.807) is 11.3 Å². The van der Waals surface area contributed by atoms with E-state index >= 15 is 0 Å². The first-order chi connectivity index (χ1) is 15.6. The van der Waals surface area contributed by atoms with Gasteiger partial charge >= 0.3 is 0 Å². The third kappa shape index (κ3) is 4.73. The number of nitrogens with one attached hydrogen (secondary N) is 1. The van der Waals surface area contributed by atoms with E-state index in [1.165, 1.54) is 27.8 Å². The number of amides is 1. The van der Waals surface area contributed by atoms with Gasteiger partial charge in [-0.15, -0.1) is 23.1 Å². The zero-order valence-electron chi connectivity index (χ0n) is 17.7. The predicted octanol–water partition coefficient (Wildman–Crippen LogP) is 3.70. The molecule has 32 heavy (non-hydrogen) atoms. The average molecular weight is 489 g/mol. The maximum Gasteiger partial charge on any atom is 0.259 e. The predicted molar refractivity (Wildman–Crippen MR) is 132 cm³/mol. The lowest BCUT2D eigenvalue weighted by molar-refractivity contribution is -0.130. The van der Waals surface area contributed by atoms with Gasteiger partial charge in [-0.3, -0.25) is 14.5 Å². The largest absolute Gasteiger partial charge is 0.339 e. The first-order valence-electron chi connectivity index (χ1n) is 10.9. The van der Waals surface area contributed by atoms with Crippen molar-refractivity contribution in [2.45, 2.75) is 31.6 Å². The number of hydrogen-bond donors (Lipinski definition) is 1. The molecule has 1 saturated heterocycles. The molecule has 1 N–H and O–H groups in total. The lowest BCUT2D eigenvalue weighted by atomic mass is 10.2. The molecule has 0 saturated carbocycles. The number of aryl methyl sites for hydroxylation is 2. The summed E-state index contributed by atoms with van der Waals surface area (Å²) < 4.78 is 0. The van der Waals surface area contributed by atoms with Gasteiger partial charge in [0.05, 0.1) is 16.9 Å². The van der Waals surface area contributed by atoms with Crippen LogP contribution in [0.4, 0.5) is 0 Å². The van der Waals surface area contributed by atoms with Crippen molar-refractivity contribution < 1.29 is 4.79 Å². The van der Waals surface area contributed by atoms with Crippen LogP contribution in [-0.4, -0.2) is 57.6 Å². The van der Waals surface area contributed by atoms with E-state index in [0.29, 0.717) is 17.3 Å². The summed E-state index contributed by atoms with van der Waals surface area (Å²) in [4.78, 5) is 39.3. The first-order valence-corrected chi connectivity index (χ1v) is 13.3. The monoisotopic (exact) mass is 488 g/mol. The molecule has 0 atom stereocenters. The number of fused-ring (bicyclic) bond motifs is 3. The normalized spacial score (nSPS) is 16.6. The highest BCUT2D eigenvalue weighted by Crippen LogP contribution is 2.34. The lowest BCUT2D eigenvalue weighted by Crippen LogP contribution is -2.48. The van der Waals surface area contributed by atoms with Crippen LogP contribution in [0.3, 0.4) is 0 Å². The topological polar surface area (TPSA) is 69.3 Å². The fourth-order valence-electron chi connectivity index (χ4n) is 4.44. The van der Waals surface area contributed by atoms with Crippen molar-refractivity contribution in [3.8, 4) is 0 Å². The van der Waals surface area contributed by atoms with Crippen LogP contribution in [0.15, 0.2) is 29.1 Å². The minimum absolute atomic E-state index is 0.0341. The number of thiophene rings is 1. The van der Waals surface area contributed by atoms with Gasteiger partial charge in [-0.1, -0.05) is 23.7 Å². The van der Waals surface area contributed by atoms with Gasteiger partial charge in [-0.2, -0.15) is 0 Å². The molecule has 2 aromatic heterocycles. The Morgan fingerprint density at radius 3 is 2.72 bits per heavy atom. The molecule has 0 bridgehead atoms. The number of aromatic nitrogens is 2. The molecule has 0 radical (unpaired) electrons. The van der Waals surface area contributed by atoms with Gasteiger partial charge < -0.3 is 9.88 Å². The number of hydrogen-bond acceptors (Lipinski definition) is 6. The van der Waals surface area contributed by atoms with E-state index in [2.05, 4.69) is 27.0 Å². The molecular formula is C23H25ClN4O2S2. The molecule has 1 amide bonds. The molecule has 1 fully saturated rings. The van der Waals surface area contributed by atoms with Crippen molar-refractivity contribution in [2.75, 3.05) is 31.9 Å².